The average molecular weight is 277 g/mol. The second-order valence-corrected chi connectivity index (χ2v) is 6.88. The van der Waals surface area contributed by atoms with Crippen LogP contribution in [0.3, 0.4) is 0 Å². The molecule has 98 valence electrons. The van der Waals surface area contributed by atoms with Gasteiger partial charge in [0.05, 0.1) is 0 Å². The predicted molar refractivity (Wildman–Crippen MR) is 69.7 cm³/mol. The Morgan fingerprint density at radius 2 is 2.06 bits per heavy atom. The van der Waals surface area contributed by atoms with Crippen molar-refractivity contribution < 1.29 is 13.5 Å². The molecule has 0 amide bonds. The molecule has 0 radical (unpaired) electrons. The van der Waals surface area contributed by atoms with Gasteiger partial charge in [-0.2, -0.15) is 4.31 Å². The van der Waals surface area contributed by atoms with Crippen molar-refractivity contribution in [2.75, 3.05) is 19.7 Å². The third kappa shape index (κ3) is 4.06. The van der Waals surface area contributed by atoms with E-state index in [1.165, 1.54) is 15.6 Å². The van der Waals surface area contributed by atoms with Crippen LogP contribution in [0.25, 0.3) is 0 Å². The molecular weight excluding hydrogens is 258 g/mol. The topological polar surface area (TPSA) is 57.6 Å². The summed E-state index contributed by atoms with van der Waals surface area (Å²) in [5.41, 5.74) is 0. The highest BCUT2D eigenvalue weighted by Crippen LogP contribution is 2.21. The Balaban J connectivity index is 2.80. The van der Waals surface area contributed by atoms with E-state index in [2.05, 4.69) is 0 Å². The molecule has 1 heterocycles. The van der Waals surface area contributed by atoms with Gasteiger partial charge in [0.25, 0.3) is 10.0 Å². The Hall–Kier alpha value is -0.430. The molecule has 0 aliphatic carbocycles. The van der Waals surface area contributed by atoms with Crippen LogP contribution in [-0.4, -0.2) is 37.5 Å². The second-order valence-electron chi connectivity index (χ2n) is 3.77. The van der Waals surface area contributed by atoms with Crippen molar-refractivity contribution in [1.82, 2.24) is 4.31 Å². The molecule has 0 saturated carbocycles. The van der Waals surface area contributed by atoms with E-state index in [9.17, 15) is 8.42 Å². The Bertz CT molecular complexity index is 392. The van der Waals surface area contributed by atoms with Crippen molar-refractivity contribution in [3.05, 3.63) is 17.5 Å². The number of sulfonamides is 1. The Morgan fingerprint density at radius 1 is 1.35 bits per heavy atom. The van der Waals surface area contributed by atoms with E-state index in [1.54, 1.807) is 17.5 Å². The lowest BCUT2D eigenvalue weighted by Gasteiger charge is -2.20. The first-order chi connectivity index (χ1) is 8.12. The zero-order valence-electron chi connectivity index (χ0n) is 10.0. The highest BCUT2D eigenvalue weighted by Gasteiger charge is 2.24. The minimum atomic E-state index is -3.36. The molecule has 17 heavy (non-hydrogen) atoms. The van der Waals surface area contributed by atoms with Gasteiger partial charge in [-0.15, -0.1) is 11.3 Å². The van der Waals surface area contributed by atoms with Gasteiger partial charge in [0.15, 0.2) is 0 Å². The van der Waals surface area contributed by atoms with Crippen LogP contribution in [0.4, 0.5) is 0 Å². The zero-order chi connectivity index (χ0) is 12.7. The standard InChI is InChI=1S/C11H19NO3S2/c1-2-3-7-12(8-5-9-13)17(14,15)11-6-4-10-16-11/h4,6,10,13H,2-3,5,7-9H2,1H3. The second kappa shape index (κ2) is 7.10. The third-order valence-corrected chi connectivity index (χ3v) is 5.69. The highest BCUT2D eigenvalue weighted by molar-refractivity contribution is 7.91. The maximum atomic E-state index is 12.3. The number of thiophene rings is 1. The zero-order valence-corrected chi connectivity index (χ0v) is 11.6. The SMILES string of the molecule is CCCCN(CCCO)S(=O)(=O)c1cccs1. The molecule has 0 aliphatic heterocycles. The van der Waals surface area contributed by atoms with Gasteiger partial charge in [-0.25, -0.2) is 8.42 Å². The van der Waals surface area contributed by atoms with E-state index < -0.39 is 10.0 Å². The van der Waals surface area contributed by atoms with Crippen LogP contribution in [0.15, 0.2) is 21.7 Å². The van der Waals surface area contributed by atoms with Crippen LogP contribution in [-0.2, 0) is 10.0 Å². The molecule has 0 spiro atoms. The smallest absolute Gasteiger partial charge is 0.252 e. The molecule has 0 bridgehead atoms. The number of unbranched alkanes of at least 4 members (excludes halogenated alkanes) is 1. The van der Waals surface area contributed by atoms with Crippen LogP contribution in [0.1, 0.15) is 26.2 Å². The van der Waals surface area contributed by atoms with E-state index in [4.69, 9.17) is 5.11 Å². The van der Waals surface area contributed by atoms with Crippen LogP contribution in [0, 0.1) is 0 Å². The number of rotatable bonds is 8. The van der Waals surface area contributed by atoms with Crippen molar-refractivity contribution >= 4 is 21.4 Å². The molecule has 4 nitrogen and oxygen atoms in total. The van der Waals surface area contributed by atoms with E-state index >= 15 is 0 Å². The quantitative estimate of drug-likeness (QED) is 0.790. The van der Waals surface area contributed by atoms with E-state index in [0.717, 1.165) is 12.8 Å². The Morgan fingerprint density at radius 3 is 2.59 bits per heavy atom. The number of nitrogens with zero attached hydrogens (tertiary/aromatic N) is 1. The largest absolute Gasteiger partial charge is 0.396 e. The highest BCUT2D eigenvalue weighted by atomic mass is 32.2. The van der Waals surface area contributed by atoms with Crippen molar-refractivity contribution in [3.8, 4) is 0 Å². The molecule has 0 aliphatic rings. The van der Waals surface area contributed by atoms with Gasteiger partial charge in [0, 0.05) is 19.7 Å². The summed E-state index contributed by atoms with van der Waals surface area (Å²) in [6.45, 7) is 2.96. The lowest BCUT2D eigenvalue weighted by molar-refractivity contribution is 0.268. The molecule has 0 unspecified atom stereocenters. The lowest BCUT2D eigenvalue weighted by Crippen LogP contribution is -2.33. The summed E-state index contributed by atoms with van der Waals surface area (Å²) in [6, 6.07) is 3.36. The summed E-state index contributed by atoms with van der Waals surface area (Å²) in [4.78, 5) is 0. The molecule has 1 rings (SSSR count). The molecule has 0 atom stereocenters. The van der Waals surface area contributed by atoms with Crippen molar-refractivity contribution in [3.63, 3.8) is 0 Å². The van der Waals surface area contributed by atoms with Crippen LogP contribution in [0.2, 0.25) is 0 Å². The summed E-state index contributed by atoms with van der Waals surface area (Å²) < 4.78 is 26.4. The molecule has 1 aromatic rings. The van der Waals surface area contributed by atoms with Crippen molar-refractivity contribution in [1.29, 1.82) is 0 Å². The fourth-order valence-corrected chi connectivity index (χ4v) is 4.13. The van der Waals surface area contributed by atoms with Crippen LogP contribution >= 0.6 is 11.3 Å². The fourth-order valence-electron chi connectivity index (χ4n) is 1.47. The minimum Gasteiger partial charge on any atom is -0.396 e. The minimum absolute atomic E-state index is 0.0165. The molecule has 6 heteroatoms. The summed E-state index contributed by atoms with van der Waals surface area (Å²) >= 11 is 1.23. The number of hydrogen-bond acceptors (Lipinski definition) is 4. The molecular formula is C11H19NO3S2. The molecule has 0 fully saturated rings. The number of aliphatic hydroxyl groups is 1. The fraction of sp³-hybridized carbons (Fsp3) is 0.636. The first-order valence-corrected chi connectivity index (χ1v) is 8.09. The van der Waals surface area contributed by atoms with E-state index in [0.29, 0.717) is 23.7 Å². The lowest BCUT2D eigenvalue weighted by atomic mass is 10.3. The van der Waals surface area contributed by atoms with Gasteiger partial charge >= 0.3 is 0 Å². The normalized spacial score (nSPS) is 12.2. The monoisotopic (exact) mass is 277 g/mol. The number of hydrogen-bond donors (Lipinski definition) is 1. The first-order valence-electron chi connectivity index (χ1n) is 5.77. The van der Waals surface area contributed by atoms with Crippen molar-refractivity contribution in [2.24, 2.45) is 0 Å². The summed E-state index contributed by atoms with van der Waals surface area (Å²) in [5.74, 6) is 0. The van der Waals surface area contributed by atoms with Gasteiger partial charge in [0.2, 0.25) is 0 Å². The van der Waals surface area contributed by atoms with Gasteiger partial charge in [-0.05, 0) is 24.3 Å². The summed E-state index contributed by atoms with van der Waals surface area (Å²) in [7, 11) is -3.36. The summed E-state index contributed by atoms with van der Waals surface area (Å²) in [6.07, 6.45) is 2.28. The Kier molecular flexibility index (Phi) is 6.11. The van der Waals surface area contributed by atoms with Crippen molar-refractivity contribution in [2.45, 2.75) is 30.4 Å². The van der Waals surface area contributed by atoms with Gasteiger partial charge < -0.3 is 5.11 Å². The number of aliphatic hydroxyl groups excluding tert-OH is 1. The maximum absolute atomic E-state index is 12.3. The first kappa shape index (κ1) is 14.6. The summed E-state index contributed by atoms with van der Waals surface area (Å²) in [5, 5.41) is 10.6. The van der Waals surface area contributed by atoms with E-state index in [-0.39, 0.29) is 6.61 Å². The van der Waals surface area contributed by atoms with E-state index in [1.807, 2.05) is 6.92 Å². The van der Waals surface area contributed by atoms with Gasteiger partial charge in [0.1, 0.15) is 4.21 Å². The molecule has 0 aromatic carbocycles. The maximum Gasteiger partial charge on any atom is 0.252 e. The molecule has 1 aromatic heterocycles. The van der Waals surface area contributed by atoms with Crippen LogP contribution in [0.5, 0.6) is 0 Å². The predicted octanol–water partition coefficient (Wildman–Crippen LogP) is 1.92. The Labute approximate surface area is 107 Å². The van der Waals surface area contributed by atoms with Gasteiger partial charge in [-0.1, -0.05) is 19.4 Å². The van der Waals surface area contributed by atoms with Gasteiger partial charge in [-0.3, -0.25) is 0 Å². The molecule has 0 saturated heterocycles. The van der Waals surface area contributed by atoms with Crippen LogP contribution < -0.4 is 0 Å². The average Bonchev–Trinajstić information content (AvgIpc) is 2.83. The molecule has 1 N–H and O–H groups in total. The third-order valence-electron chi connectivity index (χ3n) is 2.42.